The molecule has 1 fully saturated rings. The number of hydrogen-bond donors (Lipinski definition) is 1. The third-order valence-corrected chi connectivity index (χ3v) is 4.75. The van der Waals surface area contributed by atoms with Gasteiger partial charge in [-0.2, -0.15) is 0 Å². The van der Waals surface area contributed by atoms with E-state index in [0.29, 0.717) is 43.3 Å². The third-order valence-electron chi connectivity index (χ3n) is 4.52. The van der Waals surface area contributed by atoms with Crippen molar-refractivity contribution in [2.75, 3.05) is 19.7 Å². The lowest BCUT2D eigenvalue weighted by Gasteiger charge is -2.31. The van der Waals surface area contributed by atoms with Crippen LogP contribution in [0.3, 0.4) is 0 Å². The summed E-state index contributed by atoms with van der Waals surface area (Å²) in [4.78, 5) is 26.0. The van der Waals surface area contributed by atoms with Crippen LogP contribution in [0.4, 0.5) is 4.79 Å². The first-order valence-electron chi connectivity index (χ1n) is 8.90. The largest absolute Gasteiger partial charge is 0.450 e. The second-order valence-corrected chi connectivity index (χ2v) is 6.79. The number of nitrogens with one attached hydrogen (secondary N) is 1. The van der Waals surface area contributed by atoms with Crippen LogP contribution in [-0.4, -0.2) is 57.6 Å². The molecule has 0 spiro atoms. The summed E-state index contributed by atoms with van der Waals surface area (Å²) >= 11 is 6.02. The van der Waals surface area contributed by atoms with Crippen molar-refractivity contribution in [3.8, 4) is 5.69 Å². The number of likely N-dealkylation sites (tertiary alicyclic amines) is 1. The summed E-state index contributed by atoms with van der Waals surface area (Å²) < 4.78 is 6.59. The molecule has 8 nitrogen and oxygen atoms in total. The minimum atomic E-state index is -0.303. The smallest absolute Gasteiger partial charge is 0.409 e. The lowest BCUT2D eigenvalue weighted by Crippen LogP contribution is -2.46. The van der Waals surface area contributed by atoms with Gasteiger partial charge in [0.25, 0.3) is 5.91 Å². The average molecular weight is 392 g/mol. The second-order valence-electron chi connectivity index (χ2n) is 6.35. The fourth-order valence-corrected chi connectivity index (χ4v) is 3.25. The van der Waals surface area contributed by atoms with Crippen molar-refractivity contribution in [2.24, 2.45) is 0 Å². The molecule has 0 atom stereocenters. The molecule has 144 valence electrons. The van der Waals surface area contributed by atoms with E-state index in [1.807, 2.05) is 12.1 Å². The zero-order chi connectivity index (χ0) is 19.4. The van der Waals surface area contributed by atoms with E-state index in [9.17, 15) is 9.59 Å². The molecule has 0 saturated carbocycles. The van der Waals surface area contributed by atoms with Crippen LogP contribution in [0.2, 0.25) is 5.02 Å². The molecule has 1 saturated heterocycles. The molecule has 2 aromatic rings. The maximum atomic E-state index is 12.6. The summed E-state index contributed by atoms with van der Waals surface area (Å²) in [7, 11) is 0. The molecule has 0 bridgehead atoms. The zero-order valence-corrected chi connectivity index (χ0v) is 16.1. The molecule has 1 aliphatic heterocycles. The summed E-state index contributed by atoms with van der Waals surface area (Å²) in [5.41, 5.74) is 1.66. The Labute approximate surface area is 162 Å². The Hall–Kier alpha value is -2.61. The van der Waals surface area contributed by atoms with Crippen molar-refractivity contribution < 1.29 is 14.3 Å². The SMILES string of the molecule is CCOC(=O)N1CCC(NC(=O)c2nnn(-c3cccc(Cl)c3)c2C)CC1. The monoisotopic (exact) mass is 391 g/mol. The van der Waals surface area contributed by atoms with Gasteiger partial charge in [-0.15, -0.1) is 5.10 Å². The topological polar surface area (TPSA) is 89.3 Å². The first-order valence-corrected chi connectivity index (χ1v) is 9.28. The van der Waals surface area contributed by atoms with Crippen molar-refractivity contribution in [1.29, 1.82) is 0 Å². The van der Waals surface area contributed by atoms with Crippen molar-refractivity contribution in [2.45, 2.75) is 32.7 Å². The number of benzene rings is 1. The van der Waals surface area contributed by atoms with Crippen molar-refractivity contribution in [3.63, 3.8) is 0 Å². The molecule has 3 rings (SSSR count). The van der Waals surface area contributed by atoms with Crippen molar-refractivity contribution >= 4 is 23.6 Å². The maximum Gasteiger partial charge on any atom is 0.409 e. The highest BCUT2D eigenvalue weighted by atomic mass is 35.5. The molecule has 1 aromatic heterocycles. The maximum absolute atomic E-state index is 12.6. The van der Waals surface area contributed by atoms with Gasteiger partial charge in [-0.05, 0) is 44.9 Å². The number of rotatable bonds is 4. The number of nitrogens with zero attached hydrogens (tertiary/aromatic N) is 4. The predicted octanol–water partition coefficient (Wildman–Crippen LogP) is 2.58. The van der Waals surface area contributed by atoms with Gasteiger partial charge >= 0.3 is 6.09 Å². The zero-order valence-electron chi connectivity index (χ0n) is 15.3. The van der Waals surface area contributed by atoms with Gasteiger partial charge in [0.15, 0.2) is 5.69 Å². The molecule has 0 radical (unpaired) electrons. The molecule has 1 N–H and O–H groups in total. The van der Waals surface area contributed by atoms with Crippen LogP contribution in [-0.2, 0) is 4.74 Å². The first-order chi connectivity index (χ1) is 13.0. The molecule has 0 unspecified atom stereocenters. The van der Waals surface area contributed by atoms with E-state index in [-0.39, 0.29) is 23.7 Å². The highest BCUT2D eigenvalue weighted by molar-refractivity contribution is 6.30. The molecular weight excluding hydrogens is 370 g/mol. The minimum Gasteiger partial charge on any atom is -0.450 e. The van der Waals surface area contributed by atoms with E-state index < -0.39 is 0 Å². The van der Waals surface area contributed by atoms with Crippen LogP contribution in [0.1, 0.15) is 35.9 Å². The molecule has 2 heterocycles. The number of carbonyl (C=O) groups is 2. The minimum absolute atomic E-state index is 0.0149. The summed E-state index contributed by atoms with van der Waals surface area (Å²) in [6.07, 6.45) is 1.04. The quantitative estimate of drug-likeness (QED) is 0.865. The standard InChI is InChI=1S/C18H22ClN5O3/c1-3-27-18(26)23-9-7-14(8-10-23)20-17(25)16-12(2)24(22-21-16)15-6-4-5-13(19)11-15/h4-6,11,14H,3,7-10H2,1-2H3,(H,20,25). The summed E-state index contributed by atoms with van der Waals surface area (Å²) in [6.45, 7) is 5.04. The van der Waals surface area contributed by atoms with Gasteiger partial charge in [0.2, 0.25) is 0 Å². The van der Waals surface area contributed by atoms with E-state index in [4.69, 9.17) is 16.3 Å². The van der Waals surface area contributed by atoms with E-state index in [1.54, 1.807) is 35.6 Å². The molecular formula is C18H22ClN5O3. The predicted molar refractivity (Wildman–Crippen MR) is 100 cm³/mol. The molecule has 1 aliphatic rings. The Morgan fingerprint density at radius 1 is 1.33 bits per heavy atom. The van der Waals surface area contributed by atoms with Crippen LogP contribution in [0, 0.1) is 6.92 Å². The molecule has 0 aliphatic carbocycles. The highest BCUT2D eigenvalue weighted by Crippen LogP contribution is 2.17. The Morgan fingerprint density at radius 2 is 2.07 bits per heavy atom. The first kappa shape index (κ1) is 19.2. The highest BCUT2D eigenvalue weighted by Gasteiger charge is 2.26. The Balaban J connectivity index is 1.62. The van der Waals surface area contributed by atoms with Crippen LogP contribution < -0.4 is 5.32 Å². The number of amides is 2. The fraction of sp³-hybridized carbons (Fsp3) is 0.444. The number of ether oxygens (including phenoxy) is 1. The lowest BCUT2D eigenvalue weighted by atomic mass is 10.1. The van der Waals surface area contributed by atoms with Crippen LogP contribution in [0.15, 0.2) is 24.3 Å². The van der Waals surface area contributed by atoms with E-state index in [1.165, 1.54) is 0 Å². The van der Waals surface area contributed by atoms with E-state index in [0.717, 1.165) is 5.69 Å². The Morgan fingerprint density at radius 3 is 2.74 bits per heavy atom. The van der Waals surface area contributed by atoms with Gasteiger partial charge < -0.3 is 15.0 Å². The number of aromatic nitrogens is 3. The van der Waals surface area contributed by atoms with Crippen molar-refractivity contribution in [1.82, 2.24) is 25.2 Å². The average Bonchev–Trinajstić information content (AvgIpc) is 3.04. The van der Waals surface area contributed by atoms with Crippen LogP contribution in [0.25, 0.3) is 5.69 Å². The number of piperidine rings is 1. The Kier molecular flexibility index (Phi) is 5.95. The lowest BCUT2D eigenvalue weighted by molar-refractivity contribution is 0.0856. The summed E-state index contributed by atoms with van der Waals surface area (Å²) in [5.74, 6) is -0.268. The van der Waals surface area contributed by atoms with Crippen LogP contribution >= 0.6 is 11.6 Å². The Bertz CT molecular complexity index is 830. The van der Waals surface area contributed by atoms with Gasteiger partial charge in [-0.25, -0.2) is 9.48 Å². The van der Waals surface area contributed by atoms with Crippen LogP contribution in [0.5, 0.6) is 0 Å². The van der Waals surface area contributed by atoms with Gasteiger partial charge in [-0.1, -0.05) is 22.9 Å². The van der Waals surface area contributed by atoms with Gasteiger partial charge in [0, 0.05) is 24.2 Å². The summed E-state index contributed by atoms with van der Waals surface area (Å²) in [6, 6.07) is 7.18. The molecule has 27 heavy (non-hydrogen) atoms. The van der Waals surface area contributed by atoms with E-state index >= 15 is 0 Å². The van der Waals surface area contributed by atoms with E-state index in [2.05, 4.69) is 15.6 Å². The number of hydrogen-bond acceptors (Lipinski definition) is 5. The molecule has 1 aromatic carbocycles. The van der Waals surface area contributed by atoms with Gasteiger partial charge in [0.05, 0.1) is 18.0 Å². The van der Waals surface area contributed by atoms with Gasteiger partial charge in [-0.3, -0.25) is 4.79 Å². The summed E-state index contributed by atoms with van der Waals surface area (Å²) in [5, 5.41) is 11.7. The fourth-order valence-electron chi connectivity index (χ4n) is 3.07. The normalized spacial score (nSPS) is 14.9. The number of halogens is 1. The van der Waals surface area contributed by atoms with Crippen molar-refractivity contribution in [3.05, 3.63) is 40.7 Å². The van der Waals surface area contributed by atoms with Gasteiger partial charge in [0.1, 0.15) is 0 Å². The second kappa shape index (κ2) is 8.39. The number of carbonyl (C=O) groups excluding carboxylic acids is 2. The molecule has 2 amide bonds. The molecule has 9 heteroatoms. The third kappa shape index (κ3) is 4.39.